The number of nitrogens with one attached hydrogen (secondary N) is 1. The molecule has 1 aliphatic heterocycles. The fourth-order valence-electron chi connectivity index (χ4n) is 2.58. The van der Waals surface area contributed by atoms with E-state index in [4.69, 9.17) is 9.47 Å². The first-order valence-electron chi connectivity index (χ1n) is 7.02. The van der Waals surface area contributed by atoms with Crippen LogP contribution in [0.5, 0.6) is 11.5 Å². The summed E-state index contributed by atoms with van der Waals surface area (Å²) < 4.78 is 12.3. The van der Waals surface area contributed by atoms with Crippen LogP contribution in [0.4, 0.5) is 5.69 Å². The summed E-state index contributed by atoms with van der Waals surface area (Å²) in [7, 11) is 0. The van der Waals surface area contributed by atoms with Gasteiger partial charge in [-0.2, -0.15) is 0 Å². The number of anilines is 1. The monoisotopic (exact) mass is 347 g/mol. The van der Waals surface area contributed by atoms with Gasteiger partial charge in [0.2, 0.25) is 0 Å². The summed E-state index contributed by atoms with van der Waals surface area (Å²) in [5, 5.41) is 3.51. The normalized spacial score (nSPS) is 13.1. The zero-order valence-electron chi connectivity index (χ0n) is 12.2. The van der Waals surface area contributed by atoms with Crippen molar-refractivity contribution in [2.24, 2.45) is 0 Å². The molecule has 0 aliphatic carbocycles. The molecule has 21 heavy (non-hydrogen) atoms. The van der Waals surface area contributed by atoms with Gasteiger partial charge in [-0.05, 0) is 54.8 Å². The van der Waals surface area contributed by atoms with Gasteiger partial charge < -0.3 is 14.8 Å². The number of fused-ring (bicyclic) bond motifs is 1. The first-order valence-corrected chi connectivity index (χ1v) is 7.82. The van der Waals surface area contributed by atoms with Crippen LogP contribution < -0.4 is 14.8 Å². The van der Waals surface area contributed by atoms with Crippen molar-refractivity contribution in [1.82, 2.24) is 0 Å². The van der Waals surface area contributed by atoms with Crippen molar-refractivity contribution in [3.63, 3.8) is 0 Å². The first-order chi connectivity index (χ1) is 10.1. The van der Waals surface area contributed by atoms with E-state index in [2.05, 4.69) is 53.3 Å². The highest BCUT2D eigenvalue weighted by Gasteiger charge is 2.12. The minimum Gasteiger partial charge on any atom is -0.486 e. The predicted molar refractivity (Wildman–Crippen MR) is 88.4 cm³/mol. The van der Waals surface area contributed by atoms with Crippen LogP contribution in [0, 0.1) is 13.8 Å². The first kappa shape index (κ1) is 14.3. The second kappa shape index (κ2) is 5.98. The molecule has 1 N–H and O–H groups in total. The number of rotatable bonds is 3. The second-order valence-corrected chi connectivity index (χ2v) is 6.16. The Morgan fingerprint density at radius 2 is 1.67 bits per heavy atom. The lowest BCUT2D eigenvalue weighted by Gasteiger charge is -2.19. The maximum absolute atomic E-state index is 5.62. The minimum absolute atomic E-state index is 0.620. The summed E-state index contributed by atoms with van der Waals surface area (Å²) in [6.07, 6.45) is 0. The Morgan fingerprint density at radius 3 is 2.38 bits per heavy atom. The highest BCUT2D eigenvalue weighted by Crippen LogP contribution is 2.31. The molecule has 4 heteroatoms. The summed E-state index contributed by atoms with van der Waals surface area (Å²) in [6, 6.07) is 10.3. The fraction of sp³-hybridized carbons (Fsp3) is 0.294. The third kappa shape index (κ3) is 3.16. The van der Waals surface area contributed by atoms with Gasteiger partial charge in [-0.15, -0.1) is 0 Å². The van der Waals surface area contributed by atoms with Crippen LogP contribution in [0.25, 0.3) is 0 Å². The molecule has 1 aliphatic rings. The van der Waals surface area contributed by atoms with Gasteiger partial charge in [-0.3, -0.25) is 0 Å². The summed E-state index contributed by atoms with van der Waals surface area (Å²) in [5.41, 5.74) is 4.84. The number of halogens is 1. The van der Waals surface area contributed by atoms with E-state index in [0.29, 0.717) is 13.2 Å². The van der Waals surface area contributed by atoms with E-state index >= 15 is 0 Å². The average Bonchev–Trinajstić information content (AvgIpc) is 2.46. The van der Waals surface area contributed by atoms with Gasteiger partial charge in [0.15, 0.2) is 11.5 Å². The summed E-state index contributed by atoms with van der Waals surface area (Å²) in [5.74, 6) is 1.67. The van der Waals surface area contributed by atoms with Crippen LogP contribution >= 0.6 is 15.9 Å². The second-order valence-electron chi connectivity index (χ2n) is 5.25. The van der Waals surface area contributed by atoms with E-state index in [1.165, 1.54) is 22.4 Å². The lowest BCUT2D eigenvalue weighted by Crippen LogP contribution is -2.15. The average molecular weight is 348 g/mol. The Balaban J connectivity index is 1.76. The molecule has 2 aromatic rings. The van der Waals surface area contributed by atoms with Gasteiger partial charge in [0, 0.05) is 16.7 Å². The molecule has 0 atom stereocenters. The molecule has 0 bridgehead atoms. The molecule has 2 aromatic carbocycles. The molecule has 110 valence electrons. The van der Waals surface area contributed by atoms with E-state index in [9.17, 15) is 0 Å². The van der Waals surface area contributed by atoms with Gasteiger partial charge in [0.05, 0.1) is 0 Å². The Bertz CT molecular complexity index is 647. The Hall–Kier alpha value is -1.68. The molecule has 0 fully saturated rings. The van der Waals surface area contributed by atoms with Crippen LogP contribution in [0.15, 0.2) is 34.8 Å². The summed E-state index contributed by atoms with van der Waals surface area (Å²) in [6.45, 7) is 6.24. The number of aryl methyl sites for hydroxylation is 2. The third-order valence-electron chi connectivity index (χ3n) is 3.57. The molecular formula is C17H18BrNO2. The number of ether oxygens (including phenoxy) is 2. The number of hydrogen-bond donors (Lipinski definition) is 1. The van der Waals surface area contributed by atoms with E-state index in [0.717, 1.165) is 22.5 Å². The summed E-state index contributed by atoms with van der Waals surface area (Å²) >= 11 is 3.53. The van der Waals surface area contributed by atoms with Crippen LogP contribution in [0.3, 0.4) is 0 Å². The lowest BCUT2D eigenvalue weighted by atomic mass is 10.1. The van der Waals surface area contributed by atoms with E-state index < -0.39 is 0 Å². The van der Waals surface area contributed by atoms with E-state index in [-0.39, 0.29) is 0 Å². The van der Waals surface area contributed by atoms with Gasteiger partial charge in [-0.25, -0.2) is 0 Å². The fourth-order valence-corrected chi connectivity index (χ4v) is 3.26. The molecule has 3 rings (SSSR count). The molecule has 1 heterocycles. The largest absolute Gasteiger partial charge is 0.486 e. The van der Waals surface area contributed by atoms with Crippen molar-refractivity contribution in [2.75, 3.05) is 18.5 Å². The predicted octanol–water partition coefficient (Wildman–Crippen LogP) is 4.45. The molecule has 0 saturated heterocycles. The number of benzene rings is 2. The highest BCUT2D eigenvalue weighted by molar-refractivity contribution is 9.10. The smallest absolute Gasteiger partial charge is 0.161 e. The Kier molecular flexibility index (Phi) is 4.06. The molecular weight excluding hydrogens is 330 g/mol. The lowest BCUT2D eigenvalue weighted by molar-refractivity contribution is 0.171. The zero-order chi connectivity index (χ0) is 14.8. The van der Waals surface area contributed by atoms with Crippen molar-refractivity contribution in [3.05, 3.63) is 51.5 Å². The molecule has 0 aromatic heterocycles. The van der Waals surface area contributed by atoms with Crippen molar-refractivity contribution < 1.29 is 9.47 Å². The highest BCUT2D eigenvalue weighted by atomic mass is 79.9. The molecule has 3 nitrogen and oxygen atoms in total. The van der Waals surface area contributed by atoms with E-state index in [1.54, 1.807) is 0 Å². The van der Waals surface area contributed by atoms with Gasteiger partial charge in [0.25, 0.3) is 0 Å². The quantitative estimate of drug-likeness (QED) is 0.889. The van der Waals surface area contributed by atoms with Gasteiger partial charge >= 0.3 is 0 Å². The van der Waals surface area contributed by atoms with Gasteiger partial charge in [0.1, 0.15) is 13.2 Å². The Labute approximate surface area is 133 Å². The third-order valence-corrected chi connectivity index (χ3v) is 4.03. The SMILES string of the molecule is Cc1cc(Br)cc(C)c1NCc1ccc2c(c1)OCCO2. The topological polar surface area (TPSA) is 30.5 Å². The molecule has 0 amide bonds. The van der Waals surface area contributed by atoms with Crippen LogP contribution in [-0.4, -0.2) is 13.2 Å². The van der Waals surface area contributed by atoms with Crippen molar-refractivity contribution >= 4 is 21.6 Å². The number of hydrogen-bond acceptors (Lipinski definition) is 3. The van der Waals surface area contributed by atoms with Crippen LogP contribution in [-0.2, 0) is 6.54 Å². The standard InChI is InChI=1S/C17H18BrNO2/c1-11-7-14(18)8-12(2)17(11)19-10-13-3-4-15-16(9-13)21-6-5-20-15/h3-4,7-9,19H,5-6,10H2,1-2H3. The molecule has 0 unspecified atom stereocenters. The van der Waals surface area contributed by atoms with Crippen molar-refractivity contribution in [3.8, 4) is 11.5 Å². The minimum atomic E-state index is 0.620. The summed E-state index contributed by atoms with van der Waals surface area (Å²) in [4.78, 5) is 0. The van der Waals surface area contributed by atoms with Crippen LogP contribution in [0.1, 0.15) is 16.7 Å². The molecule has 0 radical (unpaired) electrons. The van der Waals surface area contributed by atoms with Crippen LogP contribution in [0.2, 0.25) is 0 Å². The maximum atomic E-state index is 5.62. The zero-order valence-corrected chi connectivity index (χ0v) is 13.8. The van der Waals surface area contributed by atoms with Crippen molar-refractivity contribution in [2.45, 2.75) is 20.4 Å². The van der Waals surface area contributed by atoms with E-state index in [1.807, 2.05) is 12.1 Å². The van der Waals surface area contributed by atoms with Gasteiger partial charge in [-0.1, -0.05) is 22.0 Å². The molecule has 0 spiro atoms. The maximum Gasteiger partial charge on any atom is 0.161 e. The Morgan fingerprint density at radius 1 is 1.00 bits per heavy atom. The molecule has 0 saturated carbocycles. The van der Waals surface area contributed by atoms with Crippen molar-refractivity contribution in [1.29, 1.82) is 0 Å².